The molecule has 1 saturated carbocycles. The number of nitrogens with zero attached hydrogens (tertiary/aromatic N) is 5. The molecule has 1 aliphatic rings. The molecular formula is C9H17N5O. The minimum atomic E-state index is 0.142. The Bertz CT molecular complexity index is 307. The van der Waals surface area contributed by atoms with Crippen molar-refractivity contribution in [2.75, 3.05) is 18.1 Å². The SMILES string of the molecule is Cn1nnnc1N(CCO)C1CCCC1. The number of rotatable bonds is 4. The maximum atomic E-state index is 9.07. The van der Waals surface area contributed by atoms with Crippen LogP contribution in [0.15, 0.2) is 0 Å². The van der Waals surface area contributed by atoms with E-state index < -0.39 is 0 Å². The van der Waals surface area contributed by atoms with E-state index in [0.29, 0.717) is 12.6 Å². The molecule has 15 heavy (non-hydrogen) atoms. The van der Waals surface area contributed by atoms with E-state index in [1.54, 1.807) is 4.68 Å². The Balaban J connectivity index is 2.15. The molecule has 0 atom stereocenters. The van der Waals surface area contributed by atoms with Crippen molar-refractivity contribution >= 4 is 5.95 Å². The molecule has 84 valence electrons. The highest BCUT2D eigenvalue weighted by molar-refractivity contribution is 5.30. The van der Waals surface area contributed by atoms with Crippen LogP contribution in [-0.4, -0.2) is 44.5 Å². The quantitative estimate of drug-likeness (QED) is 0.756. The van der Waals surface area contributed by atoms with Crippen LogP contribution in [0.2, 0.25) is 0 Å². The zero-order valence-corrected chi connectivity index (χ0v) is 9.00. The lowest BCUT2D eigenvalue weighted by Gasteiger charge is -2.27. The summed E-state index contributed by atoms with van der Waals surface area (Å²) >= 11 is 0. The van der Waals surface area contributed by atoms with Crippen LogP contribution in [0.4, 0.5) is 5.95 Å². The highest BCUT2D eigenvalue weighted by Gasteiger charge is 2.25. The summed E-state index contributed by atoms with van der Waals surface area (Å²) in [5, 5.41) is 20.5. The number of hydrogen-bond donors (Lipinski definition) is 1. The van der Waals surface area contributed by atoms with Crippen molar-refractivity contribution in [1.29, 1.82) is 0 Å². The van der Waals surface area contributed by atoms with Gasteiger partial charge in [0.05, 0.1) is 6.61 Å². The second-order valence-corrected chi connectivity index (χ2v) is 3.96. The summed E-state index contributed by atoms with van der Waals surface area (Å²) < 4.78 is 1.66. The second-order valence-electron chi connectivity index (χ2n) is 3.96. The largest absolute Gasteiger partial charge is 0.395 e. The van der Waals surface area contributed by atoms with Crippen LogP contribution in [-0.2, 0) is 7.05 Å². The molecule has 1 fully saturated rings. The van der Waals surface area contributed by atoms with Gasteiger partial charge in [-0.05, 0) is 23.3 Å². The third-order valence-electron chi connectivity index (χ3n) is 2.96. The Morgan fingerprint density at radius 3 is 2.73 bits per heavy atom. The van der Waals surface area contributed by atoms with E-state index in [1.165, 1.54) is 25.7 Å². The fourth-order valence-corrected chi connectivity index (χ4v) is 2.24. The van der Waals surface area contributed by atoms with E-state index in [2.05, 4.69) is 20.4 Å². The summed E-state index contributed by atoms with van der Waals surface area (Å²) in [5.41, 5.74) is 0. The van der Waals surface area contributed by atoms with Crippen molar-refractivity contribution in [3.63, 3.8) is 0 Å². The van der Waals surface area contributed by atoms with E-state index in [1.807, 2.05) is 7.05 Å². The molecule has 2 rings (SSSR count). The van der Waals surface area contributed by atoms with Gasteiger partial charge in [-0.2, -0.15) is 0 Å². The number of aryl methyl sites for hydroxylation is 1. The van der Waals surface area contributed by atoms with Crippen molar-refractivity contribution in [1.82, 2.24) is 20.2 Å². The molecule has 6 heteroatoms. The lowest BCUT2D eigenvalue weighted by Crippen LogP contribution is -2.37. The van der Waals surface area contributed by atoms with Crippen LogP contribution in [0.5, 0.6) is 0 Å². The Morgan fingerprint density at radius 1 is 1.47 bits per heavy atom. The van der Waals surface area contributed by atoms with Crippen LogP contribution in [0.1, 0.15) is 25.7 Å². The van der Waals surface area contributed by atoms with Gasteiger partial charge < -0.3 is 10.0 Å². The molecule has 0 aromatic carbocycles. The summed E-state index contributed by atoms with van der Waals surface area (Å²) in [6, 6.07) is 0.488. The molecule has 0 bridgehead atoms. The molecular weight excluding hydrogens is 194 g/mol. The minimum absolute atomic E-state index is 0.142. The number of aliphatic hydroxyl groups excluding tert-OH is 1. The van der Waals surface area contributed by atoms with E-state index in [9.17, 15) is 0 Å². The average molecular weight is 211 g/mol. The molecule has 0 spiro atoms. The second kappa shape index (κ2) is 4.57. The Labute approximate surface area is 88.9 Å². The van der Waals surface area contributed by atoms with Crippen molar-refractivity contribution in [2.24, 2.45) is 7.05 Å². The van der Waals surface area contributed by atoms with Gasteiger partial charge in [-0.25, -0.2) is 4.68 Å². The number of hydrogen-bond acceptors (Lipinski definition) is 5. The summed E-state index contributed by atoms with van der Waals surface area (Å²) in [6.07, 6.45) is 4.87. The predicted molar refractivity (Wildman–Crippen MR) is 55.5 cm³/mol. The number of aliphatic hydroxyl groups is 1. The highest BCUT2D eigenvalue weighted by Crippen LogP contribution is 2.25. The van der Waals surface area contributed by atoms with Crippen LogP contribution >= 0.6 is 0 Å². The first-order valence-electron chi connectivity index (χ1n) is 5.43. The maximum absolute atomic E-state index is 9.07. The standard InChI is InChI=1S/C9H17N5O/c1-13-9(10-11-12-13)14(6-7-15)8-4-2-3-5-8/h8,15H,2-7H2,1H3. The Hall–Kier alpha value is -1.17. The summed E-state index contributed by atoms with van der Waals surface area (Å²) in [5.74, 6) is 0.760. The number of aromatic nitrogens is 4. The van der Waals surface area contributed by atoms with Gasteiger partial charge in [0.1, 0.15) is 0 Å². The molecule has 0 aliphatic heterocycles. The van der Waals surface area contributed by atoms with Gasteiger partial charge in [0.2, 0.25) is 5.95 Å². The van der Waals surface area contributed by atoms with Gasteiger partial charge in [0, 0.05) is 19.6 Å². The van der Waals surface area contributed by atoms with Gasteiger partial charge >= 0.3 is 0 Å². The molecule has 1 aromatic heterocycles. The predicted octanol–water partition coefficient (Wildman–Crippen LogP) is -0.0486. The molecule has 0 amide bonds. The molecule has 0 unspecified atom stereocenters. The Kier molecular flexibility index (Phi) is 3.15. The van der Waals surface area contributed by atoms with Crippen LogP contribution in [0, 0.1) is 0 Å². The smallest absolute Gasteiger partial charge is 0.245 e. The first-order valence-corrected chi connectivity index (χ1v) is 5.43. The zero-order chi connectivity index (χ0) is 10.7. The normalized spacial score (nSPS) is 17.2. The van der Waals surface area contributed by atoms with Crippen molar-refractivity contribution in [3.8, 4) is 0 Å². The topological polar surface area (TPSA) is 67.1 Å². The summed E-state index contributed by atoms with van der Waals surface area (Å²) in [7, 11) is 1.83. The molecule has 1 heterocycles. The maximum Gasteiger partial charge on any atom is 0.245 e. The van der Waals surface area contributed by atoms with Crippen molar-refractivity contribution < 1.29 is 5.11 Å². The first kappa shape index (κ1) is 10.4. The van der Waals surface area contributed by atoms with E-state index in [4.69, 9.17) is 5.11 Å². The van der Waals surface area contributed by atoms with E-state index in [-0.39, 0.29) is 6.61 Å². The van der Waals surface area contributed by atoms with Gasteiger partial charge in [-0.3, -0.25) is 0 Å². The third-order valence-corrected chi connectivity index (χ3v) is 2.96. The lowest BCUT2D eigenvalue weighted by molar-refractivity contribution is 0.295. The molecule has 1 aliphatic carbocycles. The molecule has 1 N–H and O–H groups in total. The zero-order valence-electron chi connectivity index (χ0n) is 9.00. The number of tetrazole rings is 1. The van der Waals surface area contributed by atoms with Crippen molar-refractivity contribution in [2.45, 2.75) is 31.7 Å². The van der Waals surface area contributed by atoms with E-state index in [0.717, 1.165) is 5.95 Å². The molecule has 0 radical (unpaired) electrons. The van der Waals surface area contributed by atoms with Gasteiger partial charge in [-0.15, -0.1) is 0 Å². The highest BCUT2D eigenvalue weighted by atomic mass is 16.3. The van der Waals surface area contributed by atoms with Gasteiger partial charge in [0.15, 0.2) is 0 Å². The monoisotopic (exact) mass is 211 g/mol. The van der Waals surface area contributed by atoms with Crippen LogP contribution in [0.25, 0.3) is 0 Å². The fourth-order valence-electron chi connectivity index (χ4n) is 2.24. The van der Waals surface area contributed by atoms with Gasteiger partial charge in [0.25, 0.3) is 0 Å². The lowest BCUT2D eigenvalue weighted by atomic mass is 10.2. The minimum Gasteiger partial charge on any atom is -0.395 e. The number of anilines is 1. The molecule has 0 saturated heterocycles. The van der Waals surface area contributed by atoms with Gasteiger partial charge in [-0.1, -0.05) is 17.9 Å². The summed E-state index contributed by atoms with van der Waals surface area (Å²) in [4.78, 5) is 2.12. The van der Waals surface area contributed by atoms with Crippen molar-refractivity contribution in [3.05, 3.63) is 0 Å². The average Bonchev–Trinajstić information content (AvgIpc) is 2.85. The molecule has 1 aromatic rings. The molecule has 6 nitrogen and oxygen atoms in total. The third kappa shape index (κ3) is 2.09. The fraction of sp³-hybridized carbons (Fsp3) is 0.889. The van der Waals surface area contributed by atoms with Crippen LogP contribution < -0.4 is 4.90 Å². The van der Waals surface area contributed by atoms with Crippen LogP contribution in [0.3, 0.4) is 0 Å². The summed E-state index contributed by atoms with van der Waals surface area (Å²) in [6.45, 7) is 0.752. The van der Waals surface area contributed by atoms with E-state index >= 15 is 0 Å². The Morgan fingerprint density at radius 2 is 2.20 bits per heavy atom. The first-order chi connectivity index (χ1) is 7.33.